The number of rotatable bonds is 8. The maximum Gasteiger partial charge on any atom is 0.263 e. The van der Waals surface area contributed by atoms with Crippen molar-refractivity contribution in [2.45, 2.75) is 53.2 Å². The van der Waals surface area contributed by atoms with Crippen molar-refractivity contribution in [2.75, 3.05) is 5.32 Å². The van der Waals surface area contributed by atoms with E-state index in [1.807, 2.05) is 25.5 Å². The van der Waals surface area contributed by atoms with Crippen LogP contribution in [-0.2, 0) is 13.2 Å². The summed E-state index contributed by atoms with van der Waals surface area (Å²) in [4.78, 5) is 8.76. The normalized spacial score (nSPS) is 13.6. The van der Waals surface area contributed by atoms with Crippen LogP contribution in [0, 0.1) is 26.7 Å². The second-order valence-electron chi connectivity index (χ2n) is 8.98. The van der Waals surface area contributed by atoms with Crippen molar-refractivity contribution in [1.29, 1.82) is 0 Å². The Morgan fingerprint density at radius 1 is 1.09 bits per heavy atom. The molecule has 5 rings (SSSR count). The summed E-state index contributed by atoms with van der Waals surface area (Å²) < 4.78 is 29.6. The summed E-state index contributed by atoms with van der Waals surface area (Å²) in [5, 5.41) is 22.4. The van der Waals surface area contributed by atoms with Gasteiger partial charge in [0, 0.05) is 40.6 Å². The number of aromatic nitrogens is 6. The van der Waals surface area contributed by atoms with Crippen LogP contribution in [-0.4, -0.2) is 34.6 Å². The van der Waals surface area contributed by atoms with E-state index in [-0.39, 0.29) is 12.2 Å². The lowest BCUT2D eigenvalue weighted by atomic mass is 10.1. The fourth-order valence-electron chi connectivity index (χ4n) is 4.23. The Balaban J connectivity index is 1.50. The first-order valence-corrected chi connectivity index (χ1v) is 11.6. The summed E-state index contributed by atoms with van der Waals surface area (Å²) >= 11 is 0. The van der Waals surface area contributed by atoms with E-state index in [9.17, 15) is 13.9 Å². The summed E-state index contributed by atoms with van der Waals surface area (Å²) in [6, 6.07) is 8.06. The molecule has 3 heterocycles. The Bertz CT molecular complexity index is 1360. The minimum Gasteiger partial charge on any atom is -0.392 e. The number of aryl methyl sites for hydroxylation is 1. The minimum atomic E-state index is -2.50. The van der Waals surface area contributed by atoms with Gasteiger partial charge in [-0.3, -0.25) is 0 Å². The van der Waals surface area contributed by atoms with Crippen LogP contribution in [0.1, 0.15) is 47.3 Å². The number of aliphatic hydroxyl groups excluding tert-OH is 1. The Hall–Kier alpha value is -3.66. The molecule has 10 heteroatoms. The molecule has 0 spiro atoms. The quantitative estimate of drug-likeness (QED) is 0.368. The van der Waals surface area contributed by atoms with Crippen LogP contribution in [0.25, 0.3) is 17.1 Å². The van der Waals surface area contributed by atoms with Crippen LogP contribution in [0.3, 0.4) is 0 Å². The van der Waals surface area contributed by atoms with Gasteiger partial charge in [-0.05, 0) is 39.5 Å². The zero-order chi connectivity index (χ0) is 24.7. The monoisotopic (exact) mass is 479 g/mol. The average Bonchev–Trinajstić information content (AvgIpc) is 3.56. The fraction of sp³-hybridized carbons (Fsp3) is 0.360. The second-order valence-corrected chi connectivity index (χ2v) is 8.98. The molecule has 1 aliphatic carbocycles. The first-order chi connectivity index (χ1) is 16.9. The molecule has 0 aliphatic heterocycles. The van der Waals surface area contributed by atoms with Gasteiger partial charge in [0.05, 0.1) is 18.0 Å². The zero-order valence-corrected chi connectivity index (χ0v) is 19.8. The summed E-state index contributed by atoms with van der Waals surface area (Å²) in [7, 11) is 0. The highest BCUT2D eigenvalue weighted by Gasteiger charge is 2.26. The highest BCUT2D eigenvalue weighted by molar-refractivity contribution is 5.71. The van der Waals surface area contributed by atoms with Gasteiger partial charge >= 0.3 is 0 Å². The number of anilines is 2. The van der Waals surface area contributed by atoms with Crippen molar-refractivity contribution >= 4 is 11.6 Å². The number of alkyl halides is 2. The molecule has 0 unspecified atom stereocenters. The standard InChI is InChI=1S/C25H27F2N7O/c1-14-23(18-6-8-19(9-7-18)24(26)27)32-33(11-17-4-5-17)25(14)30-21-10-22(29-13-28-21)34-16(3)20(12-35)15(2)31-34/h6-10,13,17,24,35H,4-5,11-12H2,1-3H3,(H,28,29,30). The molecule has 0 radical (unpaired) electrons. The van der Waals surface area contributed by atoms with Crippen LogP contribution in [0.15, 0.2) is 36.7 Å². The Morgan fingerprint density at radius 2 is 1.83 bits per heavy atom. The molecule has 1 aliphatic rings. The molecular weight excluding hydrogens is 452 g/mol. The molecule has 0 atom stereocenters. The van der Waals surface area contributed by atoms with E-state index in [0.29, 0.717) is 17.6 Å². The van der Waals surface area contributed by atoms with Gasteiger partial charge in [-0.2, -0.15) is 10.2 Å². The fourth-order valence-corrected chi connectivity index (χ4v) is 4.23. The highest BCUT2D eigenvalue weighted by atomic mass is 19.3. The average molecular weight is 480 g/mol. The molecule has 35 heavy (non-hydrogen) atoms. The van der Waals surface area contributed by atoms with E-state index >= 15 is 0 Å². The van der Waals surface area contributed by atoms with Crippen LogP contribution >= 0.6 is 0 Å². The van der Waals surface area contributed by atoms with Crippen molar-refractivity contribution in [3.05, 3.63) is 64.7 Å². The maximum atomic E-state index is 13.0. The Kier molecular flexibility index (Phi) is 6.06. The van der Waals surface area contributed by atoms with E-state index in [4.69, 9.17) is 5.10 Å². The number of hydrogen-bond acceptors (Lipinski definition) is 6. The van der Waals surface area contributed by atoms with Gasteiger partial charge in [-0.1, -0.05) is 24.3 Å². The number of halogens is 2. The molecule has 1 saturated carbocycles. The number of nitrogens with one attached hydrogen (secondary N) is 1. The lowest BCUT2D eigenvalue weighted by molar-refractivity contribution is 0.151. The minimum absolute atomic E-state index is 0.0100. The third-order valence-electron chi connectivity index (χ3n) is 6.47. The van der Waals surface area contributed by atoms with Crippen molar-refractivity contribution < 1.29 is 13.9 Å². The zero-order valence-electron chi connectivity index (χ0n) is 19.8. The lowest BCUT2D eigenvalue weighted by Gasteiger charge is -2.11. The van der Waals surface area contributed by atoms with Gasteiger partial charge in [0.1, 0.15) is 18.0 Å². The highest BCUT2D eigenvalue weighted by Crippen LogP contribution is 2.36. The molecule has 0 amide bonds. The molecule has 0 saturated heterocycles. The van der Waals surface area contributed by atoms with Gasteiger partial charge in [0.2, 0.25) is 0 Å². The molecule has 1 aromatic carbocycles. The van der Waals surface area contributed by atoms with Crippen LogP contribution in [0.2, 0.25) is 0 Å². The third-order valence-corrected chi connectivity index (χ3v) is 6.47. The van der Waals surface area contributed by atoms with E-state index in [1.165, 1.54) is 31.3 Å². The van der Waals surface area contributed by atoms with Crippen LogP contribution in [0.4, 0.5) is 20.4 Å². The molecule has 0 bridgehead atoms. The number of hydrogen-bond donors (Lipinski definition) is 2. The van der Waals surface area contributed by atoms with E-state index in [1.54, 1.807) is 22.9 Å². The number of benzene rings is 1. The van der Waals surface area contributed by atoms with E-state index in [2.05, 4.69) is 20.4 Å². The molecule has 4 aromatic rings. The summed E-state index contributed by atoms with van der Waals surface area (Å²) in [5.74, 6) is 2.54. The predicted octanol–water partition coefficient (Wildman–Crippen LogP) is 5.03. The predicted molar refractivity (Wildman–Crippen MR) is 128 cm³/mol. The van der Waals surface area contributed by atoms with E-state index in [0.717, 1.165) is 46.1 Å². The SMILES string of the molecule is Cc1nn(-c2cc(Nc3c(C)c(-c4ccc(C(F)F)cc4)nn3CC3CC3)ncn2)c(C)c1CO. The summed E-state index contributed by atoms with van der Waals surface area (Å²) in [6.07, 6.45) is 1.30. The topological polar surface area (TPSA) is 93.7 Å². The molecular formula is C25H27F2N7O. The van der Waals surface area contributed by atoms with Gasteiger partial charge in [-0.25, -0.2) is 28.1 Å². The van der Waals surface area contributed by atoms with Crippen LogP contribution in [0.5, 0.6) is 0 Å². The first kappa shape index (κ1) is 23.1. The van der Waals surface area contributed by atoms with Crippen molar-refractivity contribution in [3.63, 3.8) is 0 Å². The lowest BCUT2D eigenvalue weighted by Crippen LogP contribution is -2.09. The molecule has 2 N–H and O–H groups in total. The third kappa shape index (κ3) is 4.53. The van der Waals surface area contributed by atoms with Crippen molar-refractivity contribution in [3.8, 4) is 17.1 Å². The van der Waals surface area contributed by atoms with Gasteiger partial charge in [0.15, 0.2) is 5.82 Å². The van der Waals surface area contributed by atoms with Gasteiger partial charge in [-0.15, -0.1) is 0 Å². The Labute approximate surface area is 201 Å². The largest absolute Gasteiger partial charge is 0.392 e. The van der Waals surface area contributed by atoms with Crippen LogP contribution < -0.4 is 5.32 Å². The molecule has 8 nitrogen and oxygen atoms in total. The molecule has 3 aromatic heterocycles. The van der Waals surface area contributed by atoms with Crippen molar-refractivity contribution in [2.24, 2.45) is 5.92 Å². The maximum absolute atomic E-state index is 13.0. The van der Waals surface area contributed by atoms with E-state index < -0.39 is 6.43 Å². The second kappa shape index (κ2) is 9.18. The number of aliphatic hydroxyl groups is 1. The molecule has 182 valence electrons. The van der Waals surface area contributed by atoms with Crippen molar-refractivity contribution in [1.82, 2.24) is 29.5 Å². The molecule has 1 fully saturated rings. The Morgan fingerprint density at radius 3 is 2.46 bits per heavy atom. The summed E-state index contributed by atoms with van der Waals surface area (Å²) in [5.41, 5.74) is 4.77. The van der Waals surface area contributed by atoms with Gasteiger partial charge < -0.3 is 10.4 Å². The van der Waals surface area contributed by atoms with Gasteiger partial charge in [0.25, 0.3) is 6.43 Å². The smallest absolute Gasteiger partial charge is 0.263 e. The summed E-state index contributed by atoms with van der Waals surface area (Å²) in [6.45, 7) is 6.39. The first-order valence-electron chi connectivity index (χ1n) is 11.6. The number of nitrogens with zero attached hydrogens (tertiary/aromatic N) is 6.